The fourth-order valence-electron chi connectivity index (χ4n) is 4.44. The van der Waals surface area contributed by atoms with Crippen molar-refractivity contribution in [2.45, 2.75) is 30.7 Å². The molecule has 28 heavy (non-hydrogen) atoms. The number of nitrogens with zero attached hydrogens (tertiary/aromatic N) is 4. The number of nitrogens with one attached hydrogen (secondary N) is 1. The number of fused-ring (bicyclic) bond motifs is 1. The molecule has 1 aromatic carbocycles. The molecule has 1 saturated carbocycles. The highest BCUT2D eigenvalue weighted by Crippen LogP contribution is 2.53. The van der Waals surface area contributed by atoms with E-state index in [1.54, 1.807) is 11.8 Å². The molecule has 0 spiro atoms. The van der Waals surface area contributed by atoms with E-state index in [1.165, 1.54) is 0 Å². The van der Waals surface area contributed by atoms with Crippen molar-refractivity contribution in [3.05, 3.63) is 41.5 Å². The van der Waals surface area contributed by atoms with Crippen LogP contribution in [0.4, 0.5) is 0 Å². The van der Waals surface area contributed by atoms with Crippen LogP contribution in [0.3, 0.4) is 0 Å². The van der Waals surface area contributed by atoms with Crippen LogP contribution in [0.15, 0.2) is 40.8 Å². The van der Waals surface area contributed by atoms with Gasteiger partial charge in [0.25, 0.3) is 0 Å². The smallest absolute Gasteiger partial charge is 0.189 e. The lowest BCUT2D eigenvalue weighted by Crippen LogP contribution is -2.53. The molecule has 3 atom stereocenters. The zero-order valence-electron chi connectivity index (χ0n) is 16.3. The van der Waals surface area contributed by atoms with Crippen LogP contribution in [0.5, 0.6) is 0 Å². The lowest BCUT2D eigenvalue weighted by atomic mass is 9.54. The Kier molecular flexibility index (Phi) is 5.61. The van der Waals surface area contributed by atoms with E-state index in [1.807, 2.05) is 36.6 Å². The molecular weight excluding hydrogens is 366 g/mol. The van der Waals surface area contributed by atoms with Gasteiger partial charge in [-0.1, -0.05) is 18.2 Å². The molecule has 0 saturated heterocycles. The lowest BCUT2D eigenvalue weighted by molar-refractivity contribution is 0.171. The number of rotatable bonds is 3. The molecule has 3 rings (SSSR count). The molecule has 1 fully saturated rings. The minimum Gasteiger partial charge on any atom is -0.305 e. The van der Waals surface area contributed by atoms with E-state index in [9.17, 15) is 15.8 Å². The van der Waals surface area contributed by atoms with Crippen LogP contribution in [0.25, 0.3) is 0 Å². The quantitative estimate of drug-likeness (QED) is 0.623. The molecule has 1 heterocycles. The molecule has 1 aromatic rings. The summed E-state index contributed by atoms with van der Waals surface area (Å²) in [4.78, 5) is 3.40. The van der Waals surface area contributed by atoms with Crippen LogP contribution in [-0.2, 0) is 0 Å². The zero-order chi connectivity index (χ0) is 20.5. The third-order valence-electron chi connectivity index (χ3n) is 6.02. The first-order valence-corrected chi connectivity index (χ1v) is 10.5. The molecule has 0 radical (unpaired) electrons. The van der Waals surface area contributed by atoms with Crippen LogP contribution >= 0.6 is 11.8 Å². The molecule has 0 aromatic heterocycles. The fourth-order valence-corrected chi connectivity index (χ4v) is 4.85. The maximum atomic E-state index is 10.1. The molecule has 1 N–H and O–H groups in total. The van der Waals surface area contributed by atoms with Gasteiger partial charge in [-0.25, -0.2) is 0 Å². The Morgan fingerprint density at radius 1 is 1.18 bits per heavy atom. The summed E-state index contributed by atoms with van der Waals surface area (Å²) in [6, 6.07) is 14.7. The second-order valence-corrected chi connectivity index (χ2v) is 8.50. The molecular formula is C22H23N5S. The first-order valence-electron chi connectivity index (χ1n) is 9.32. The second-order valence-electron chi connectivity index (χ2n) is 7.62. The first-order chi connectivity index (χ1) is 13.4. The Morgan fingerprint density at radius 3 is 2.32 bits per heavy atom. The van der Waals surface area contributed by atoms with E-state index in [-0.39, 0.29) is 11.6 Å². The molecule has 142 valence electrons. The van der Waals surface area contributed by atoms with Crippen molar-refractivity contribution in [2.24, 2.45) is 17.3 Å². The Labute approximate surface area is 170 Å². The van der Waals surface area contributed by atoms with Gasteiger partial charge in [0.2, 0.25) is 0 Å². The summed E-state index contributed by atoms with van der Waals surface area (Å²) in [6.45, 7) is 5.64. The largest absolute Gasteiger partial charge is 0.305 e. The normalized spacial score (nSPS) is 26.5. The predicted molar refractivity (Wildman–Crippen MR) is 110 cm³/mol. The van der Waals surface area contributed by atoms with Crippen LogP contribution < -0.4 is 0 Å². The maximum absolute atomic E-state index is 10.1. The highest BCUT2D eigenvalue weighted by molar-refractivity contribution is 7.98. The van der Waals surface area contributed by atoms with Gasteiger partial charge in [-0.3, -0.25) is 4.90 Å². The molecule has 2 aliphatic rings. The van der Waals surface area contributed by atoms with Crippen LogP contribution in [0.2, 0.25) is 0 Å². The number of thioether (sulfide) groups is 1. The summed E-state index contributed by atoms with van der Waals surface area (Å²) in [6.07, 6.45) is 4.04. The van der Waals surface area contributed by atoms with Gasteiger partial charge in [-0.2, -0.15) is 15.8 Å². The summed E-state index contributed by atoms with van der Waals surface area (Å²) >= 11 is 1.63. The summed E-state index contributed by atoms with van der Waals surface area (Å²) in [5.41, 5.74) is 0.0518. The van der Waals surface area contributed by atoms with E-state index in [4.69, 9.17) is 5.41 Å². The average Bonchev–Trinajstić information content (AvgIpc) is 2.72. The fraction of sp³-hybridized carbons (Fsp3) is 0.455. The Morgan fingerprint density at radius 2 is 1.82 bits per heavy atom. The van der Waals surface area contributed by atoms with Crippen molar-refractivity contribution in [1.82, 2.24) is 4.90 Å². The predicted octanol–water partition coefficient (Wildman–Crippen LogP) is 3.97. The van der Waals surface area contributed by atoms with Gasteiger partial charge in [-0.15, -0.1) is 11.8 Å². The number of hydrogen-bond donors (Lipinski definition) is 1. The van der Waals surface area contributed by atoms with E-state index in [2.05, 4.69) is 37.0 Å². The number of nitriles is 3. The summed E-state index contributed by atoms with van der Waals surface area (Å²) in [5.74, 6) is -1.42. The SMILES string of the molecule is CSc1ccc([C@H]2[C@H]3CN(C(C)C)CC=C3C(C#N)C(=N)C2(C#N)C#N)cc1. The Hall–Kier alpha value is -2.59. The topological polar surface area (TPSA) is 98.5 Å². The molecule has 5 nitrogen and oxygen atoms in total. The van der Waals surface area contributed by atoms with Crippen molar-refractivity contribution in [3.8, 4) is 18.2 Å². The van der Waals surface area contributed by atoms with E-state index in [0.717, 1.165) is 22.6 Å². The molecule has 1 aliphatic carbocycles. The van der Waals surface area contributed by atoms with Crippen molar-refractivity contribution < 1.29 is 0 Å². The lowest BCUT2D eigenvalue weighted by Gasteiger charge is -2.48. The third-order valence-corrected chi connectivity index (χ3v) is 6.77. The van der Waals surface area contributed by atoms with Gasteiger partial charge in [0.1, 0.15) is 5.92 Å². The summed E-state index contributed by atoms with van der Waals surface area (Å²) < 4.78 is 0. The van der Waals surface area contributed by atoms with Crippen molar-refractivity contribution in [3.63, 3.8) is 0 Å². The summed E-state index contributed by atoms with van der Waals surface area (Å²) in [5, 5.41) is 38.5. The monoisotopic (exact) mass is 389 g/mol. The third kappa shape index (κ3) is 3.02. The standard InChI is InChI=1S/C22H23N5S/c1-14(2)27-9-8-17-18(10-23)21(26)22(12-24,13-25)20(19(17)11-27)15-4-6-16(28-3)7-5-15/h4-8,14,18-20,26H,9,11H2,1-3H3/t18?,19-,20-/m0/s1. The molecule has 0 bridgehead atoms. The van der Waals surface area contributed by atoms with Crippen LogP contribution in [-0.4, -0.2) is 36.0 Å². The van der Waals surface area contributed by atoms with E-state index >= 15 is 0 Å². The van der Waals surface area contributed by atoms with Crippen LogP contribution in [0.1, 0.15) is 25.3 Å². The molecule has 6 heteroatoms. The van der Waals surface area contributed by atoms with E-state index < -0.39 is 17.3 Å². The highest BCUT2D eigenvalue weighted by Gasteiger charge is 2.57. The molecule has 1 aliphatic heterocycles. The summed E-state index contributed by atoms with van der Waals surface area (Å²) in [7, 11) is 0. The molecule has 0 amide bonds. The first kappa shape index (κ1) is 20.2. The number of hydrogen-bond acceptors (Lipinski definition) is 6. The van der Waals surface area contributed by atoms with Gasteiger partial charge in [0.05, 0.1) is 23.9 Å². The number of benzene rings is 1. The Bertz CT molecular complexity index is 912. The van der Waals surface area contributed by atoms with Crippen LogP contribution in [0, 0.1) is 56.7 Å². The van der Waals surface area contributed by atoms with E-state index in [0.29, 0.717) is 12.6 Å². The average molecular weight is 390 g/mol. The second kappa shape index (κ2) is 7.80. The highest BCUT2D eigenvalue weighted by atomic mass is 32.2. The zero-order valence-corrected chi connectivity index (χ0v) is 17.1. The van der Waals surface area contributed by atoms with Gasteiger partial charge in [-0.05, 0) is 43.4 Å². The van der Waals surface area contributed by atoms with Crippen molar-refractivity contribution in [1.29, 1.82) is 21.2 Å². The Balaban J connectivity index is 2.21. The maximum Gasteiger partial charge on any atom is 0.189 e. The minimum atomic E-state index is -1.64. The van der Waals surface area contributed by atoms with Crippen molar-refractivity contribution >= 4 is 17.5 Å². The van der Waals surface area contributed by atoms with Gasteiger partial charge < -0.3 is 5.41 Å². The van der Waals surface area contributed by atoms with Gasteiger partial charge in [0.15, 0.2) is 5.41 Å². The minimum absolute atomic E-state index is 0.0839. The molecule has 1 unspecified atom stereocenters. The van der Waals surface area contributed by atoms with Gasteiger partial charge in [0, 0.05) is 35.9 Å². The van der Waals surface area contributed by atoms with Gasteiger partial charge >= 0.3 is 0 Å². The van der Waals surface area contributed by atoms with Crippen molar-refractivity contribution in [2.75, 3.05) is 19.3 Å².